The third-order valence-corrected chi connectivity index (χ3v) is 4.64. The maximum atomic E-state index is 12.4. The number of anilines is 1. The monoisotopic (exact) mass is 275 g/mol. The third kappa shape index (κ3) is 2.30. The van der Waals surface area contributed by atoms with Gasteiger partial charge in [0.2, 0.25) is 0 Å². The predicted octanol–water partition coefficient (Wildman–Crippen LogP) is 2.92. The second-order valence-electron chi connectivity index (χ2n) is 5.03. The SMILES string of the molecule is Cc1nn(C)cc1NC(=O)c1scc2c1CCCC2. The Bertz CT molecular complexity index is 627. The largest absolute Gasteiger partial charge is 0.318 e. The van der Waals surface area contributed by atoms with Gasteiger partial charge in [0.15, 0.2) is 0 Å². The topological polar surface area (TPSA) is 46.9 Å². The van der Waals surface area contributed by atoms with Gasteiger partial charge in [0.05, 0.1) is 16.3 Å². The average Bonchev–Trinajstić information content (AvgIpc) is 2.93. The first kappa shape index (κ1) is 12.4. The van der Waals surface area contributed by atoms with Crippen molar-refractivity contribution in [3.05, 3.63) is 33.3 Å². The molecule has 1 aliphatic carbocycles. The van der Waals surface area contributed by atoms with Gasteiger partial charge in [-0.05, 0) is 49.1 Å². The van der Waals surface area contributed by atoms with Crippen molar-refractivity contribution < 1.29 is 4.79 Å². The number of nitrogens with one attached hydrogen (secondary N) is 1. The summed E-state index contributed by atoms with van der Waals surface area (Å²) < 4.78 is 1.72. The number of nitrogens with zero attached hydrogens (tertiary/aromatic N) is 2. The van der Waals surface area contributed by atoms with Gasteiger partial charge in [0.25, 0.3) is 5.91 Å². The summed E-state index contributed by atoms with van der Waals surface area (Å²) in [7, 11) is 1.86. The Hall–Kier alpha value is -1.62. The lowest BCUT2D eigenvalue weighted by Crippen LogP contribution is -2.14. The lowest BCUT2D eigenvalue weighted by atomic mass is 9.94. The van der Waals surface area contributed by atoms with E-state index < -0.39 is 0 Å². The normalized spacial score (nSPS) is 14.2. The van der Waals surface area contributed by atoms with Crippen molar-refractivity contribution in [3.63, 3.8) is 0 Å². The maximum Gasteiger partial charge on any atom is 0.266 e. The molecule has 0 unspecified atom stereocenters. The summed E-state index contributed by atoms with van der Waals surface area (Å²) in [5.41, 5.74) is 4.27. The van der Waals surface area contributed by atoms with Crippen LogP contribution in [-0.2, 0) is 19.9 Å². The van der Waals surface area contributed by atoms with Crippen LogP contribution in [-0.4, -0.2) is 15.7 Å². The van der Waals surface area contributed by atoms with Gasteiger partial charge < -0.3 is 5.32 Å². The van der Waals surface area contributed by atoms with Crippen LogP contribution >= 0.6 is 11.3 Å². The molecule has 3 rings (SSSR count). The summed E-state index contributed by atoms with van der Waals surface area (Å²) >= 11 is 1.57. The van der Waals surface area contributed by atoms with Gasteiger partial charge in [-0.1, -0.05) is 0 Å². The lowest BCUT2D eigenvalue weighted by molar-refractivity contribution is 0.102. The van der Waals surface area contributed by atoms with Gasteiger partial charge in [0.1, 0.15) is 0 Å². The van der Waals surface area contributed by atoms with E-state index in [4.69, 9.17) is 0 Å². The molecule has 1 aliphatic rings. The Kier molecular flexibility index (Phi) is 3.14. The van der Waals surface area contributed by atoms with Crippen LogP contribution in [0.5, 0.6) is 0 Å². The van der Waals surface area contributed by atoms with Gasteiger partial charge in [-0.25, -0.2) is 0 Å². The molecule has 0 bridgehead atoms. The third-order valence-electron chi connectivity index (χ3n) is 3.57. The fraction of sp³-hybridized carbons (Fsp3) is 0.429. The highest BCUT2D eigenvalue weighted by Gasteiger charge is 2.21. The number of amides is 1. The number of fused-ring (bicyclic) bond motifs is 1. The van der Waals surface area contributed by atoms with Crippen LogP contribution in [0.25, 0.3) is 0 Å². The maximum absolute atomic E-state index is 12.4. The van der Waals surface area contributed by atoms with Crippen LogP contribution in [0.3, 0.4) is 0 Å². The van der Waals surface area contributed by atoms with Crippen LogP contribution in [0.2, 0.25) is 0 Å². The van der Waals surface area contributed by atoms with E-state index in [1.807, 2.05) is 20.2 Å². The number of aryl methyl sites for hydroxylation is 3. The zero-order valence-electron chi connectivity index (χ0n) is 11.2. The van der Waals surface area contributed by atoms with Crippen molar-refractivity contribution in [2.45, 2.75) is 32.6 Å². The molecular weight excluding hydrogens is 258 g/mol. The summed E-state index contributed by atoms with van der Waals surface area (Å²) in [4.78, 5) is 13.2. The van der Waals surface area contributed by atoms with Crippen LogP contribution in [0, 0.1) is 6.92 Å². The van der Waals surface area contributed by atoms with Gasteiger partial charge >= 0.3 is 0 Å². The Balaban J connectivity index is 1.84. The molecule has 0 saturated heterocycles. The number of aromatic nitrogens is 2. The van der Waals surface area contributed by atoms with Gasteiger partial charge in [-0.3, -0.25) is 9.48 Å². The second kappa shape index (κ2) is 4.81. The summed E-state index contributed by atoms with van der Waals surface area (Å²) in [5.74, 6) is 0.00394. The highest BCUT2D eigenvalue weighted by atomic mass is 32.1. The van der Waals surface area contributed by atoms with E-state index in [0.29, 0.717) is 0 Å². The van der Waals surface area contributed by atoms with Crippen molar-refractivity contribution in [2.75, 3.05) is 5.32 Å². The number of thiophene rings is 1. The molecule has 2 aromatic rings. The number of carbonyl (C=O) groups is 1. The minimum absolute atomic E-state index is 0.00394. The van der Waals surface area contributed by atoms with Crippen LogP contribution < -0.4 is 5.32 Å². The number of hydrogen-bond acceptors (Lipinski definition) is 3. The van der Waals surface area contributed by atoms with Crippen molar-refractivity contribution in [1.82, 2.24) is 9.78 Å². The van der Waals surface area contributed by atoms with E-state index in [2.05, 4.69) is 15.8 Å². The molecule has 19 heavy (non-hydrogen) atoms. The highest BCUT2D eigenvalue weighted by molar-refractivity contribution is 7.12. The van der Waals surface area contributed by atoms with E-state index in [9.17, 15) is 4.79 Å². The average molecular weight is 275 g/mol. The summed E-state index contributed by atoms with van der Waals surface area (Å²) in [6.07, 6.45) is 6.42. The Morgan fingerprint density at radius 3 is 2.95 bits per heavy atom. The van der Waals surface area contributed by atoms with Gasteiger partial charge in [-0.15, -0.1) is 11.3 Å². The number of hydrogen-bond donors (Lipinski definition) is 1. The zero-order valence-corrected chi connectivity index (χ0v) is 12.0. The molecule has 0 spiro atoms. The smallest absolute Gasteiger partial charge is 0.266 e. The van der Waals surface area contributed by atoms with Crippen molar-refractivity contribution in [2.24, 2.45) is 7.05 Å². The molecule has 0 atom stereocenters. The van der Waals surface area contributed by atoms with Crippen LogP contribution in [0.4, 0.5) is 5.69 Å². The summed E-state index contributed by atoms with van der Waals surface area (Å²) in [6, 6.07) is 0. The Labute approximate surface area is 116 Å². The molecule has 0 aromatic carbocycles. The fourth-order valence-corrected chi connectivity index (χ4v) is 3.66. The first-order valence-electron chi connectivity index (χ1n) is 6.56. The van der Waals surface area contributed by atoms with Crippen molar-refractivity contribution >= 4 is 22.9 Å². The zero-order chi connectivity index (χ0) is 13.4. The molecule has 2 heterocycles. The summed E-state index contributed by atoms with van der Waals surface area (Å²) in [6.45, 7) is 1.90. The molecule has 0 saturated carbocycles. The molecule has 1 N–H and O–H groups in total. The van der Waals surface area contributed by atoms with Gasteiger partial charge in [-0.2, -0.15) is 5.10 Å². The minimum atomic E-state index is 0.00394. The van der Waals surface area contributed by atoms with E-state index >= 15 is 0 Å². The van der Waals surface area contributed by atoms with E-state index in [0.717, 1.165) is 29.1 Å². The molecule has 5 heteroatoms. The van der Waals surface area contributed by atoms with Crippen LogP contribution in [0.15, 0.2) is 11.6 Å². The van der Waals surface area contributed by atoms with Crippen molar-refractivity contribution in [1.29, 1.82) is 0 Å². The first-order chi connectivity index (χ1) is 9.15. The number of carbonyl (C=O) groups excluding carboxylic acids is 1. The summed E-state index contributed by atoms with van der Waals surface area (Å²) in [5, 5.41) is 9.35. The quantitative estimate of drug-likeness (QED) is 0.916. The van der Waals surface area contributed by atoms with E-state index in [1.54, 1.807) is 16.0 Å². The Morgan fingerprint density at radius 2 is 2.21 bits per heavy atom. The lowest BCUT2D eigenvalue weighted by Gasteiger charge is -2.12. The van der Waals surface area contributed by atoms with Crippen molar-refractivity contribution in [3.8, 4) is 0 Å². The minimum Gasteiger partial charge on any atom is -0.318 e. The number of rotatable bonds is 2. The fourth-order valence-electron chi connectivity index (χ4n) is 2.61. The molecule has 100 valence electrons. The second-order valence-corrected chi connectivity index (χ2v) is 5.91. The highest BCUT2D eigenvalue weighted by Crippen LogP contribution is 2.30. The molecule has 1 amide bonds. The molecular formula is C14H17N3OS. The molecule has 4 nitrogen and oxygen atoms in total. The molecule has 0 aliphatic heterocycles. The Morgan fingerprint density at radius 1 is 1.42 bits per heavy atom. The molecule has 0 fully saturated rings. The standard InChI is InChI=1S/C14H17N3OS/c1-9-12(7-17(2)16-9)15-14(18)13-11-6-4-3-5-10(11)8-19-13/h7-8H,3-6H2,1-2H3,(H,15,18). The molecule has 2 aromatic heterocycles. The van der Waals surface area contributed by atoms with E-state index in [-0.39, 0.29) is 5.91 Å². The van der Waals surface area contributed by atoms with Gasteiger partial charge in [0, 0.05) is 13.2 Å². The predicted molar refractivity (Wildman–Crippen MR) is 76.9 cm³/mol. The molecule has 0 radical (unpaired) electrons. The van der Waals surface area contributed by atoms with E-state index in [1.165, 1.54) is 24.0 Å². The van der Waals surface area contributed by atoms with Crippen LogP contribution in [0.1, 0.15) is 39.3 Å². The first-order valence-corrected chi connectivity index (χ1v) is 7.44.